The number of benzene rings is 2. The van der Waals surface area contributed by atoms with Gasteiger partial charge in [0.2, 0.25) is 0 Å². The molecule has 5 nitrogen and oxygen atoms in total. The molecule has 1 unspecified atom stereocenters. The first-order valence-corrected chi connectivity index (χ1v) is 8.04. The molecule has 2 rings (SSSR count). The topological polar surface area (TPSA) is 80.7 Å². The van der Waals surface area contributed by atoms with Crippen molar-refractivity contribution in [3.63, 3.8) is 0 Å². The molecule has 0 aromatic heterocycles. The second kappa shape index (κ2) is 6.24. The highest BCUT2D eigenvalue weighted by atomic mass is 32.2. The van der Waals surface area contributed by atoms with Crippen LogP contribution >= 0.6 is 0 Å². The van der Waals surface area contributed by atoms with E-state index in [9.17, 15) is 18.3 Å². The van der Waals surface area contributed by atoms with E-state index in [0.717, 1.165) is 10.8 Å². The second-order valence-electron chi connectivity index (χ2n) is 4.72. The lowest BCUT2D eigenvalue weighted by atomic mass is 10.1. The van der Waals surface area contributed by atoms with E-state index in [1.165, 1.54) is 13.2 Å². The quantitative estimate of drug-likeness (QED) is 0.847. The van der Waals surface area contributed by atoms with E-state index in [2.05, 4.69) is 4.74 Å². The van der Waals surface area contributed by atoms with Crippen LogP contribution in [0.2, 0.25) is 0 Å². The molecule has 0 saturated heterocycles. The SMILES string of the molecule is COC(=O)CC(O)CS(=O)(=O)c1ccc2ccccc2c1. The summed E-state index contributed by atoms with van der Waals surface area (Å²) >= 11 is 0. The van der Waals surface area contributed by atoms with Crippen molar-refractivity contribution in [3.8, 4) is 0 Å². The van der Waals surface area contributed by atoms with E-state index < -0.39 is 27.7 Å². The van der Waals surface area contributed by atoms with Crippen molar-refractivity contribution in [2.24, 2.45) is 0 Å². The molecule has 0 amide bonds. The van der Waals surface area contributed by atoms with Crippen molar-refractivity contribution < 1.29 is 23.1 Å². The predicted octanol–water partition coefficient (Wildman–Crippen LogP) is 1.54. The van der Waals surface area contributed by atoms with Crippen LogP contribution in [0.25, 0.3) is 10.8 Å². The van der Waals surface area contributed by atoms with Gasteiger partial charge < -0.3 is 9.84 Å². The number of hydrogen-bond donors (Lipinski definition) is 1. The van der Waals surface area contributed by atoms with Gasteiger partial charge in [0.05, 0.1) is 30.3 Å². The highest BCUT2D eigenvalue weighted by Gasteiger charge is 2.22. The first-order chi connectivity index (χ1) is 9.92. The van der Waals surface area contributed by atoms with E-state index in [0.29, 0.717) is 0 Å². The molecule has 0 bridgehead atoms. The van der Waals surface area contributed by atoms with E-state index >= 15 is 0 Å². The number of carbonyl (C=O) groups excluding carboxylic acids is 1. The average Bonchev–Trinajstić information content (AvgIpc) is 2.45. The van der Waals surface area contributed by atoms with E-state index in [1.54, 1.807) is 12.1 Å². The van der Waals surface area contributed by atoms with Gasteiger partial charge in [-0.05, 0) is 22.9 Å². The summed E-state index contributed by atoms with van der Waals surface area (Å²) in [5.74, 6) is -1.16. The minimum absolute atomic E-state index is 0.130. The number of rotatable bonds is 5. The van der Waals surface area contributed by atoms with Crippen molar-refractivity contribution in [1.29, 1.82) is 0 Å². The molecule has 21 heavy (non-hydrogen) atoms. The Kier molecular flexibility index (Phi) is 4.59. The molecule has 0 fully saturated rings. The molecule has 112 valence electrons. The lowest BCUT2D eigenvalue weighted by Gasteiger charge is -2.10. The van der Waals surface area contributed by atoms with Crippen molar-refractivity contribution in [3.05, 3.63) is 42.5 Å². The second-order valence-corrected chi connectivity index (χ2v) is 6.76. The molecule has 2 aromatic rings. The van der Waals surface area contributed by atoms with Crippen LogP contribution in [-0.2, 0) is 19.4 Å². The Morgan fingerprint density at radius 3 is 2.52 bits per heavy atom. The first-order valence-electron chi connectivity index (χ1n) is 6.39. The Bertz CT molecular complexity index is 752. The van der Waals surface area contributed by atoms with Crippen molar-refractivity contribution in [2.45, 2.75) is 17.4 Å². The maximum absolute atomic E-state index is 12.2. The van der Waals surface area contributed by atoms with Gasteiger partial charge in [-0.25, -0.2) is 8.42 Å². The van der Waals surface area contributed by atoms with Crippen LogP contribution < -0.4 is 0 Å². The van der Waals surface area contributed by atoms with Crippen molar-refractivity contribution in [2.75, 3.05) is 12.9 Å². The highest BCUT2D eigenvalue weighted by Crippen LogP contribution is 2.20. The summed E-state index contributed by atoms with van der Waals surface area (Å²) in [6.07, 6.45) is -1.63. The standard InChI is InChI=1S/C15H16O5S/c1-20-15(17)9-13(16)10-21(18,19)14-7-6-11-4-2-3-5-12(11)8-14/h2-8,13,16H,9-10H2,1H3. The molecule has 1 atom stereocenters. The third kappa shape index (κ3) is 3.80. The predicted molar refractivity (Wildman–Crippen MR) is 78.6 cm³/mol. The van der Waals surface area contributed by atoms with Gasteiger partial charge in [0.1, 0.15) is 0 Å². The number of sulfone groups is 1. The average molecular weight is 308 g/mol. The number of aliphatic hydroxyl groups is 1. The number of ether oxygens (including phenoxy) is 1. The van der Waals surface area contributed by atoms with Crippen molar-refractivity contribution in [1.82, 2.24) is 0 Å². The van der Waals surface area contributed by atoms with Gasteiger partial charge in [0.15, 0.2) is 9.84 Å². The van der Waals surface area contributed by atoms with Crippen LogP contribution in [0.4, 0.5) is 0 Å². The molecule has 1 N–H and O–H groups in total. The van der Waals surface area contributed by atoms with Crippen LogP contribution in [0.15, 0.2) is 47.4 Å². The summed E-state index contributed by atoms with van der Waals surface area (Å²) in [7, 11) is -2.48. The summed E-state index contributed by atoms with van der Waals surface area (Å²) in [4.78, 5) is 11.2. The molecule has 2 aromatic carbocycles. The zero-order valence-electron chi connectivity index (χ0n) is 11.5. The molecule has 0 radical (unpaired) electrons. The number of hydrogen-bond acceptors (Lipinski definition) is 5. The van der Waals surface area contributed by atoms with Gasteiger partial charge in [-0.15, -0.1) is 0 Å². The Morgan fingerprint density at radius 1 is 1.19 bits per heavy atom. The van der Waals surface area contributed by atoms with E-state index in [4.69, 9.17) is 0 Å². The van der Waals surface area contributed by atoms with E-state index in [-0.39, 0.29) is 11.3 Å². The Labute approximate surface area is 123 Å². The summed E-state index contributed by atoms with van der Waals surface area (Å²) in [5.41, 5.74) is 0. The molecule has 0 aliphatic heterocycles. The van der Waals surface area contributed by atoms with Gasteiger partial charge in [-0.2, -0.15) is 0 Å². The Balaban J connectivity index is 2.23. The zero-order chi connectivity index (χ0) is 15.5. The third-order valence-electron chi connectivity index (χ3n) is 3.12. The summed E-state index contributed by atoms with van der Waals surface area (Å²) in [5, 5.41) is 11.4. The number of esters is 1. The maximum atomic E-state index is 12.2. The lowest BCUT2D eigenvalue weighted by Crippen LogP contribution is -2.24. The zero-order valence-corrected chi connectivity index (χ0v) is 12.3. The van der Waals surface area contributed by atoms with Crippen LogP contribution in [0.3, 0.4) is 0 Å². The van der Waals surface area contributed by atoms with Gasteiger partial charge >= 0.3 is 5.97 Å². The molecular formula is C15H16O5S. The smallest absolute Gasteiger partial charge is 0.308 e. The number of methoxy groups -OCH3 is 1. The third-order valence-corrected chi connectivity index (χ3v) is 4.92. The number of carbonyl (C=O) groups is 1. The highest BCUT2D eigenvalue weighted by molar-refractivity contribution is 7.91. The minimum Gasteiger partial charge on any atom is -0.469 e. The Hall–Kier alpha value is -1.92. The van der Waals surface area contributed by atoms with Crippen LogP contribution in [-0.4, -0.2) is 38.5 Å². The molecule has 0 saturated carbocycles. The number of aliphatic hydroxyl groups excluding tert-OH is 1. The first kappa shape index (κ1) is 15.5. The van der Waals surface area contributed by atoms with Gasteiger partial charge in [-0.1, -0.05) is 30.3 Å². The fraction of sp³-hybridized carbons (Fsp3) is 0.267. The number of fused-ring (bicyclic) bond motifs is 1. The molecule has 6 heteroatoms. The van der Waals surface area contributed by atoms with Gasteiger partial charge in [0, 0.05) is 0 Å². The lowest BCUT2D eigenvalue weighted by molar-refractivity contribution is -0.142. The van der Waals surface area contributed by atoms with Gasteiger partial charge in [-0.3, -0.25) is 4.79 Å². The monoisotopic (exact) mass is 308 g/mol. The van der Waals surface area contributed by atoms with Crippen molar-refractivity contribution >= 4 is 26.6 Å². The molecular weight excluding hydrogens is 292 g/mol. The summed E-state index contributed by atoms with van der Waals surface area (Å²) in [6, 6.07) is 12.2. The van der Waals surface area contributed by atoms with Gasteiger partial charge in [0.25, 0.3) is 0 Å². The normalized spacial score (nSPS) is 13.0. The summed E-state index contributed by atoms with van der Waals surface area (Å²) < 4.78 is 28.9. The fourth-order valence-corrected chi connectivity index (χ4v) is 3.44. The molecule has 0 aliphatic rings. The summed E-state index contributed by atoms with van der Waals surface area (Å²) in [6.45, 7) is 0. The largest absolute Gasteiger partial charge is 0.469 e. The van der Waals surface area contributed by atoms with E-state index in [1.807, 2.05) is 24.3 Å². The van der Waals surface area contributed by atoms with Crippen LogP contribution in [0.5, 0.6) is 0 Å². The Morgan fingerprint density at radius 2 is 1.86 bits per heavy atom. The minimum atomic E-state index is -3.66. The fourth-order valence-electron chi connectivity index (χ4n) is 2.05. The molecule has 0 aliphatic carbocycles. The molecule has 0 spiro atoms. The molecule has 0 heterocycles. The maximum Gasteiger partial charge on any atom is 0.308 e. The van der Waals surface area contributed by atoms with Crippen LogP contribution in [0.1, 0.15) is 6.42 Å². The van der Waals surface area contributed by atoms with Crippen LogP contribution in [0, 0.1) is 0 Å².